The lowest BCUT2D eigenvalue weighted by Crippen LogP contribution is -2.31. The quantitative estimate of drug-likeness (QED) is 0.833. The molecule has 1 aliphatic heterocycles. The molecular weight excluding hydrogens is 200 g/mol. The number of aromatic nitrogens is 2. The minimum atomic E-state index is 0.660. The van der Waals surface area contributed by atoms with Gasteiger partial charge in [0.05, 0.1) is 0 Å². The number of aryl methyl sites for hydroxylation is 1. The third kappa shape index (κ3) is 2.50. The fourth-order valence-electron chi connectivity index (χ4n) is 2.13. The highest BCUT2D eigenvalue weighted by atomic mass is 15.2. The van der Waals surface area contributed by atoms with Gasteiger partial charge in [0.1, 0.15) is 0 Å². The van der Waals surface area contributed by atoms with E-state index in [-0.39, 0.29) is 0 Å². The minimum absolute atomic E-state index is 0.660. The molecule has 1 fully saturated rings. The molecule has 2 N–H and O–H groups in total. The normalized spacial score (nSPS) is 16.5. The molecule has 0 unspecified atom stereocenters. The highest BCUT2D eigenvalue weighted by Gasteiger charge is 2.14. The maximum atomic E-state index is 5.54. The molecule has 1 aliphatic rings. The molecule has 0 radical (unpaired) electrons. The first-order valence-electron chi connectivity index (χ1n) is 6.09. The van der Waals surface area contributed by atoms with Gasteiger partial charge in [0, 0.05) is 25.0 Å². The predicted molar refractivity (Wildman–Crippen MR) is 65.6 cm³/mol. The maximum absolute atomic E-state index is 5.54. The summed E-state index contributed by atoms with van der Waals surface area (Å²) in [5.41, 5.74) is 7.78. The van der Waals surface area contributed by atoms with Crippen molar-refractivity contribution in [2.24, 2.45) is 5.73 Å². The second kappa shape index (κ2) is 5.25. The molecule has 0 atom stereocenters. The summed E-state index contributed by atoms with van der Waals surface area (Å²) in [7, 11) is 0. The van der Waals surface area contributed by atoms with Crippen molar-refractivity contribution >= 4 is 5.95 Å². The number of nitrogens with zero attached hydrogens (tertiary/aromatic N) is 3. The van der Waals surface area contributed by atoms with E-state index < -0.39 is 0 Å². The summed E-state index contributed by atoms with van der Waals surface area (Å²) < 4.78 is 0. The molecular formula is C12H20N4. The van der Waals surface area contributed by atoms with Crippen molar-refractivity contribution in [1.29, 1.82) is 0 Å². The molecule has 1 saturated heterocycles. The summed E-state index contributed by atoms with van der Waals surface area (Å²) >= 11 is 0. The van der Waals surface area contributed by atoms with Crippen molar-refractivity contribution in [2.75, 3.05) is 24.5 Å². The van der Waals surface area contributed by atoms with E-state index in [0.29, 0.717) is 6.54 Å². The van der Waals surface area contributed by atoms with Gasteiger partial charge in [-0.05, 0) is 44.7 Å². The van der Waals surface area contributed by atoms with Crippen LogP contribution < -0.4 is 10.6 Å². The van der Waals surface area contributed by atoms with Gasteiger partial charge in [-0.15, -0.1) is 0 Å². The fraction of sp³-hybridized carbons (Fsp3) is 0.667. The molecule has 0 aromatic carbocycles. The summed E-state index contributed by atoms with van der Waals surface area (Å²) in [5, 5.41) is 0. The highest BCUT2D eigenvalue weighted by Crippen LogP contribution is 2.16. The number of hydrogen-bond acceptors (Lipinski definition) is 4. The molecule has 0 bridgehead atoms. The molecule has 0 aliphatic carbocycles. The number of rotatable bonds is 3. The Morgan fingerprint density at radius 3 is 2.69 bits per heavy atom. The van der Waals surface area contributed by atoms with Crippen molar-refractivity contribution in [1.82, 2.24) is 9.97 Å². The monoisotopic (exact) mass is 220 g/mol. The van der Waals surface area contributed by atoms with E-state index in [1.165, 1.54) is 24.8 Å². The molecule has 88 valence electrons. The molecule has 2 heterocycles. The number of nitrogens with two attached hydrogens (primary N) is 1. The lowest BCUT2D eigenvalue weighted by atomic mass is 10.1. The maximum Gasteiger partial charge on any atom is 0.225 e. The molecule has 1 aromatic heterocycles. The first-order chi connectivity index (χ1) is 7.81. The molecule has 0 saturated carbocycles. The van der Waals surface area contributed by atoms with Gasteiger partial charge in [0.15, 0.2) is 0 Å². The lowest BCUT2D eigenvalue weighted by Gasteiger charge is -2.26. The summed E-state index contributed by atoms with van der Waals surface area (Å²) in [6.07, 6.45) is 6.64. The minimum Gasteiger partial charge on any atom is -0.341 e. The predicted octanol–water partition coefficient (Wildman–Crippen LogP) is 1.28. The van der Waals surface area contributed by atoms with Gasteiger partial charge in [-0.2, -0.15) is 0 Å². The summed E-state index contributed by atoms with van der Waals surface area (Å²) in [4.78, 5) is 11.3. The van der Waals surface area contributed by atoms with Crippen molar-refractivity contribution in [3.05, 3.63) is 17.5 Å². The van der Waals surface area contributed by atoms with Crippen LogP contribution in [0.5, 0.6) is 0 Å². The van der Waals surface area contributed by atoms with E-state index in [1.807, 2.05) is 13.1 Å². The first kappa shape index (κ1) is 11.3. The molecule has 1 aromatic rings. The van der Waals surface area contributed by atoms with E-state index in [1.54, 1.807) is 0 Å². The average molecular weight is 220 g/mol. The topological polar surface area (TPSA) is 55.0 Å². The fourth-order valence-corrected chi connectivity index (χ4v) is 2.13. The third-order valence-corrected chi connectivity index (χ3v) is 3.12. The van der Waals surface area contributed by atoms with Crippen LogP contribution in [0.2, 0.25) is 0 Å². The van der Waals surface area contributed by atoms with Crippen LogP contribution in [0.25, 0.3) is 0 Å². The van der Waals surface area contributed by atoms with Crippen LogP contribution in [-0.4, -0.2) is 29.6 Å². The highest BCUT2D eigenvalue weighted by molar-refractivity contribution is 5.33. The zero-order valence-electron chi connectivity index (χ0n) is 9.95. The number of hydrogen-bond donors (Lipinski definition) is 1. The van der Waals surface area contributed by atoms with Crippen LogP contribution in [0.4, 0.5) is 5.95 Å². The van der Waals surface area contributed by atoms with Crippen LogP contribution in [0, 0.1) is 6.92 Å². The van der Waals surface area contributed by atoms with Gasteiger partial charge in [-0.3, -0.25) is 0 Å². The van der Waals surface area contributed by atoms with Gasteiger partial charge in [0.25, 0.3) is 0 Å². The first-order valence-corrected chi connectivity index (χ1v) is 6.09. The zero-order valence-corrected chi connectivity index (χ0v) is 9.95. The van der Waals surface area contributed by atoms with Crippen molar-refractivity contribution < 1.29 is 0 Å². The van der Waals surface area contributed by atoms with Crippen LogP contribution in [0.3, 0.4) is 0 Å². The second-order valence-corrected chi connectivity index (χ2v) is 4.37. The Balaban J connectivity index is 2.13. The Morgan fingerprint density at radius 2 is 2.06 bits per heavy atom. The van der Waals surface area contributed by atoms with Gasteiger partial charge in [0.2, 0.25) is 5.95 Å². The van der Waals surface area contributed by atoms with E-state index in [4.69, 9.17) is 5.73 Å². The van der Waals surface area contributed by atoms with Crippen molar-refractivity contribution in [2.45, 2.75) is 32.6 Å². The lowest BCUT2D eigenvalue weighted by molar-refractivity contribution is 0.567. The van der Waals surface area contributed by atoms with Crippen LogP contribution in [-0.2, 0) is 6.42 Å². The van der Waals surface area contributed by atoms with E-state index in [9.17, 15) is 0 Å². The summed E-state index contributed by atoms with van der Waals surface area (Å²) in [6.45, 7) is 4.89. The Labute approximate surface area is 96.9 Å². The molecule has 2 rings (SSSR count). The molecule has 4 nitrogen and oxygen atoms in total. The summed E-state index contributed by atoms with van der Waals surface area (Å²) in [5.74, 6) is 0.887. The zero-order chi connectivity index (χ0) is 11.4. The van der Waals surface area contributed by atoms with E-state index >= 15 is 0 Å². The Morgan fingerprint density at radius 1 is 1.31 bits per heavy atom. The SMILES string of the molecule is Cc1nc(N2CCCCC2)ncc1CCN. The smallest absolute Gasteiger partial charge is 0.225 e. The molecule has 0 spiro atoms. The average Bonchev–Trinajstić information content (AvgIpc) is 2.33. The standard InChI is InChI=1S/C12H20N4/c1-10-11(5-6-13)9-14-12(15-10)16-7-3-2-4-8-16/h9H,2-8,13H2,1H3. The van der Waals surface area contributed by atoms with E-state index in [2.05, 4.69) is 14.9 Å². The van der Waals surface area contributed by atoms with Gasteiger partial charge in [-0.1, -0.05) is 0 Å². The largest absolute Gasteiger partial charge is 0.341 e. The van der Waals surface area contributed by atoms with Crippen molar-refractivity contribution in [3.63, 3.8) is 0 Å². The summed E-state index contributed by atoms with van der Waals surface area (Å²) in [6, 6.07) is 0. The van der Waals surface area contributed by atoms with Gasteiger partial charge in [-0.25, -0.2) is 9.97 Å². The Kier molecular flexibility index (Phi) is 3.72. The Hall–Kier alpha value is -1.16. The third-order valence-electron chi connectivity index (χ3n) is 3.12. The van der Waals surface area contributed by atoms with Crippen LogP contribution in [0.15, 0.2) is 6.20 Å². The number of piperidine rings is 1. The Bertz CT molecular complexity index is 345. The molecule has 16 heavy (non-hydrogen) atoms. The number of anilines is 1. The van der Waals surface area contributed by atoms with Gasteiger partial charge < -0.3 is 10.6 Å². The van der Waals surface area contributed by atoms with E-state index in [0.717, 1.165) is 31.2 Å². The molecule has 4 heteroatoms. The van der Waals surface area contributed by atoms with Gasteiger partial charge >= 0.3 is 0 Å². The van der Waals surface area contributed by atoms with Crippen molar-refractivity contribution in [3.8, 4) is 0 Å². The second-order valence-electron chi connectivity index (χ2n) is 4.37. The molecule has 0 amide bonds. The van der Waals surface area contributed by atoms with Crippen LogP contribution >= 0.6 is 0 Å². The van der Waals surface area contributed by atoms with Crippen LogP contribution in [0.1, 0.15) is 30.5 Å².